The summed E-state index contributed by atoms with van der Waals surface area (Å²) in [6, 6.07) is 80.5. The van der Waals surface area contributed by atoms with Crippen molar-refractivity contribution in [1.29, 1.82) is 0 Å². The maximum absolute atomic E-state index is 2.54. The van der Waals surface area contributed by atoms with Crippen molar-refractivity contribution in [3.05, 3.63) is 241 Å². The van der Waals surface area contributed by atoms with Gasteiger partial charge in [0.15, 0.2) is 0 Å². The third-order valence-corrected chi connectivity index (χ3v) is 13.5. The molecule has 0 unspecified atom stereocenters. The number of nitrogens with zero attached hydrogens (tertiary/aromatic N) is 2. The molecule has 2 heterocycles. The smallest absolute Gasteiger partial charge is 0.0714 e. The fourth-order valence-corrected chi connectivity index (χ4v) is 11.2. The lowest BCUT2D eigenvalue weighted by atomic mass is 9.68. The van der Waals surface area contributed by atoms with E-state index in [0.29, 0.717) is 0 Å². The van der Waals surface area contributed by atoms with Gasteiger partial charge in [-0.25, -0.2) is 0 Å². The van der Waals surface area contributed by atoms with Gasteiger partial charge >= 0.3 is 0 Å². The Bertz CT molecular complexity index is 3260. The fraction of sp³-hybridized carbons (Fsp3) is 0.0182. The molecular formula is C55H36N2S. The lowest BCUT2D eigenvalue weighted by Gasteiger charge is -2.34. The van der Waals surface area contributed by atoms with Gasteiger partial charge in [-0.2, -0.15) is 0 Å². The van der Waals surface area contributed by atoms with Crippen LogP contribution in [-0.2, 0) is 5.41 Å². The van der Waals surface area contributed by atoms with Gasteiger partial charge in [-0.3, -0.25) is 0 Å². The quantitative estimate of drug-likeness (QED) is 0.164. The molecule has 12 rings (SSSR count). The zero-order chi connectivity index (χ0) is 38.2. The van der Waals surface area contributed by atoms with Crippen molar-refractivity contribution in [3.63, 3.8) is 0 Å². The second kappa shape index (κ2) is 12.9. The molecule has 0 radical (unpaired) electrons. The summed E-state index contributed by atoms with van der Waals surface area (Å²) in [5.74, 6) is 0. The molecule has 3 heteroatoms. The average Bonchev–Trinajstić information content (AvgIpc) is 3.95. The lowest BCUT2D eigenvalue weighted by molar-refractivity contribution is 0.768. The van der Waals surface area contributed by atoms with Gasteiger partial charge < -0.3 is 9.47 Å². The summed E-state index contributed by atoms with van der Waals surface area (Å²) >= 11 is 1.88. The van der Waals surface area contributed by atoms with Crippen LogP contribution in [0.25, 0.3) is 58.8 Å². The highest BCUT2D eigenvalue weighted by atomic mass is 32.1. The van der Waals surface area contributed by atoms with Gasteiger partial charge in [0.2, 0.25) is 0 Å². The summed E-state index contributed by atoms with van der Waals surface area (Å²) in [5.41, 5.74) is 14.1. The van der Waals surface area contributed by atoms with Crippen LogP contribution >= 0.6 is 11.3 Å². The van der Waals surface area contributed by atoms with E-state index >= 15 is 0 Å². The van der Waals surface area contributed by atoms with Crippen LogP contribution in [0.4, 0.5) is 17.1 Å². The number of benzene rings is 9. The Morgan fingerprint density at radius 3 is 1.71 bits per heavy atom. The summed E-state index contributed by atoms with van der Waals surface area (Å²) in [6.45, 7) is 0. The zero-order valence-electron chi connectivity index (χ0n) is 31.6. The molecule has 0 N–H and O–H groups in total. The molecule has 0 aliphatic heterocycles. The van der Waals surface area contributed by atoms with Crippen LogP contribution < -0.4 is 4.90 Å². The minimum absolute atomic E-state index is 0.509. The molecule has 0 amide bonds. The first-order chi connectivity index (χ1) is 28.8. The van der Waals surface area contributed by atoms with Crippen molar-refractivity contribution >= 4 is 70.4 Å². The molecule has 2 nitrogen and oxygen atoms in total. The maximum Gasteiger partial charge on any atom is 0.0714 e. The molecule has 0 saturated carbocycles. The predicted octanol–water partition coefficient (Wildman–Crippen LogP) is 15.0. The Balaban J connectivity index is 1.18. The largest absolute Gasteiger partial charge is 0.309 e. The number of thiophene rings is 1. The molecule has 0 bridgehead atoms. The van der Waals surface area contributed by atoms with E-state index in [1.165, 1.54) is 81.0 Å². The lowest BCUT2D eigenvalue weighted by Crippen LogP contribution is -2.28. The summed E-state index contributed by atoms with van der Waals surface area (Å²) < 4.78 is 4.99. The second-order valence-corrected chi connectivity index (χ2v) is 16.3. The van der Waals surface area contributed by atoms with E-state index in [2.05, 4.69) is 228 Å². The van der Waals surface area contributed by atoms with Gasteiger partial charge in [0.1, 0.15) is 0 Å². The number of hydrogen-bond acceptors (Lipinski definition) is 2. The number of hydrogen-bond donors (Lipinski definition) is 0. The van der Waals surface area contributed by atoms with Crippen molar-refractivity contribution in [2.75, 3.05) is 4.90 Å². The predicted molar refractivity (Wildman–Crippen MR) is 246 cm³/mol. The van der Waals surface area contributed by atoms with E-state index in [4.69, 9.17) is 0 Å². The third-order valence-electron chi connectivity index (χ3n) is 12.3. The van der Waals surface area contributed by atoms with Crippen LogP contribution in [0.5, 0.6) is 0 Å². The van der Waals surface area contributed by atoms with E-state index in [0.717, 1.165) is 17.1 Å². The number of anilines is 3. The standard InChI is InChI=1S/C55H36N2S/c1-3-18-37(19-4-1)55(38-20-5-2-6-21-38)46-29-11-7-27-45(46)53-47(55)30-17-33-50(53)57(51-34-16-28-44-43-26-10-14-35-52(43)58-54(44)51)40-23-15-22-39(36-40)56-48-31-12-8-24-41(48)42-25-9-13-32-49(42)56/h1-36H. The van der Waals surface area contributed by atoms with Gasteiger partial charge in [-0.1, -0.05) is 170 Å². The van der Waals surface area contributed by atoms with Gasteiger partial charge in [-0.15, -0.1) is 11.3 Å². The molecule has 11 aromatic rings. The monoisotopic (exact) mass is 756 g/mol. The molecule has 58 heavy (non-hydrogen) atoms. The third kappa shape index (κ3) is 4.65. The van der Waals surface area contributed by atoms with Crippen molar-refractivity contribution < 1.29 is 0 Å². The molecule has 0 atom stereocenters. The van der Waals surface area contributed by atoms with Gasteiger partial charge in [0.25, 0.3) is 0 Å². The van der Waals surface area contributed by atoms with E-state index in [1.54, 1.807) is 0 Å². The first-order valence-corrected chi connectivity index (χ1v) is 20.8. The second-order valence-electron chi connectivity index (χ2n) is 15.2. The molecule has 0 fully saturated rings. The molecule has 0 saturated heterocycles. The highest BCUT2D eigenvalue weighted by Gasteiger charge is 2.47. The minimum atomic E-state index is -0.509. The minimum Gasteiger partial charge on any atom is -0.309 e. The van der Waals surface area contributed by atoms with Crippen LogP contribution in [-0.4, -0.2) is 4.57 Å². The molecule has 1 aliphatic rings. The first-order valence-electron chi connectivity index (χ1n) is 19.9. The number of rotatable bonds is 6. The van der Waals surface area contributed by atoms with Crippen molar-refractivity contribution in [2.45, 2.75) is 5.41 Å². The number of para-hydroxylation sites is 2. The normalized spacial score (nSPS) is 13.0. The van der Waals surface area contributed by atoms with Crippen molar-refractivity contribution in [2.24, 2.45) is 0 Å². The Morgan fingerprint density at radius 2 is 0.966 bits per heavy atom. The molecular weight excluding hydrogens is 721 g/mol. The summed E-state index contributed by atoms with van der Waals surface area (Å²) in [5, 5.41) is 5.08. The van der Waals surface area contributed by atoms with Crippen LogP contribution in [0.3, 0.4) is 0 Å². The maximum atomic E-state index is 2.54. The highest BCUT2D eigenvalue weighted by Crippen LogP contribution is 2.60. The van der Waals surface area contributed by atoms with Crippen molar-refractivity contribution in [3.8, 4) is 16.8 Å². The Hall–Kier alpha value is -7.20. The highest BCUT2D eigenvalue weighted by molar-refractivity contribution is 7.26. The summed E-state index contributed by atoms with van der Waals surface area (Å²) in [7, 11) is 0. The van der Waals surface area contributed by atoms with Crippen LogP contribution in [0.1, 0.15) is 22.3 Å². The van der Waals surface area contributed by atoms with Gasteiger partial charge in [0, 0.05) is 43.2 Å². The molecule has 272 valence electrons. The summed E-state index contributed by atoms with van der Waals surface area (Å²) in [4.78, 5) is 2.54. The van der Waals surface area contributed by atoms with E-state index in [1.807, 2.05) is 11.3 Å². The molecule has 9 aromatic carbocycles. The zero-order valence-corrected chi connectivity index (χ0v) is 32.4. The number of fused-ring (bicyclic) bond motifs is 9. The Labute approximate surface area is 341 Å². The average molecular weight is 757 g/mol. The molecule has 1 aliphatic carbocycles. The molecule has 0 spiro atoms. The SMILES string of the molecule is c1ccc(C2(c3ccccc3)c3ccccc3-c3c(N(c4cccc(-n5c6ccccc6c6ccccc65)c4)c4cccc5c4sc4ccccc45)cccc32)cc1. The van der Waals surface area contributed by atoms with E-state index in [9.17, 15) is 0 Å². The van der Waals surface area contributed by atoms with Crippen LogP contribution in [0.15, 0.2) is 218 Å². The Morgan fingerprint density at radius 1 is 0.414 bits per heavy atom. The van der Waals surface area contributed by atoms with E-state index < -0.39 is 5.41 Å². The van der Waals surface area contributed by atoms with Crippen LogP contribution in [0.2, 0.25) is 0 Å². The molecule has 2 aromatic heterocycles. The van der Waals surface area contributed by atoms with E-state index in [-0.39, 0.29) is 0 Å². The summed E-state index contributed by atoms with van der Waals surface area (Å²) in [6.07, 6.45) is 0. The fourth-order valence-electron chi connectivity index (χ4n) is 9.95. The van der Waals surface area contributed by atoms with Gasteiger partial charge in [-0.05, 0) is 76.3 Å². The first kappa shape index (κ1) is 33.0. The van der Waals surface area contributed by atoms with Crippen molar-refractivity contribution in [1.82, 2.24) is 4.57 Å². The Kier molecular flexibility index (Phi) is 7.35. The topological polar surface area (TPSA) is 8.17 Å². The van der Waals surface area contributed by atoms with Gasteiger partial charge in [0.05, 0.1) is 32.5 Å². The van der Waals surface area contributed by atoms with Crippen LogP contribution in [0, 0.1) is 0 Å². The number of aromatic nitrogens is 1.